The maximum atomic E-state index is 12.6. The second-order valence-electron chi connectivity index (χ2n) is 15.9. The molecule has 0 N–H and O–H groups in total. The van der Waals surface area contributed by atoms with Crippen molar-refractivity contribution in [1.82, 2.24) is 15.0 Å². The minimum Gasteiger partial charge on any atom is -0.319 e. The van der Waals surface area contributed by atoms with Gasteiger partial charge in [0.2, 0.25) is 0 Å². The van der Waals surface area contributed by atoms with E-state index in [1.807, 2.05) is 37.6 Å². The van der Waals surface area contributed by atoms with Gasteiger partial charge in [0.05, 0.1) is 0 Å². The lowest BCUT2D eigenvalue weighted by molar-refractivity contribution is 0.346. The summed E-state index contributed by atoms with van der Waals surface area (Å²) in [4.78, 5) is 15.5. The monoisotopic (exact) mass is 771 g/mol. The zero-order chi connectivity index (χ0) is 39.5. The summed E-state index contributed by atoms with van der Waals surface area (Å²) in [6, 6.07) is 64.1. The van der Waals surface area contributed by atoms with Crippen LogP contribution in [-0.4, -0.2) is 28.3 Å². The van der Waals surface area contributed by atoms with Crippen molar-refractivity contribution in [1.29, 1.82) is 0 Å². The average molecular weight is 772 g/mol. The first-order valence-electron chi connectivity index (χ1n) is 20.3. The van der Waals surface area contributed by atoms with E-state index in [0.717, 1.165) is 57.1 Å². The van der Waals surface area contributed by atoms with Crippen molar-refractivity contribution in [3.8, 4) is 67.5 Å². The van der Waals surface area contributed by atoms with Crippen LogP contribution in [0, 0.1) is 0 Å². The van der Waals surface area contributed by atoms with Gasteiger partial charge >= 0.3 is 0 Å². The Labute approximate surface area is 342 Å². The zero-order valence-electron chi connectivity index (χ0n) is 33.1. The molecule has 58 heavy (non-hydrogen) atoms. The molecular weight excluding hydrogens is 726 g/mol. The Bertz CT molecular complexity index is 2700. The molecule has 1 fully saturated rings. The summed E-state index contributed by atoms with van der Waals surface area (Å²) in [5.74, 6) is 1.94. The molecule has 0 bridgehead atoms. The minimum absolute atomic E-state index is 0.0687. The average Bonchev–Trinajstić information content (AvgIpc) is 3.29. The van der Waals surface area contributed by atoms with Crippen molar-refractivity contribution in [2.75, 3.05) is 13.3 Å². The lowest BCUT2D eigenvalue weighted by atomic mass is 9.65. The summed E-state index contributed by atoms with van der Waals surface area (Å²) < 4.78 is 12.6. The molecule has 1 saturated carbocycles. The van der Waals surface area contributed by atoms with Crippen LogP contribution in [0.3, 0.4) is 0 Å². The van der Waals surface area contributed by atoms with Crippen molar-refractivity contribution < 1.29 is 4.57 Å². The molecule has 0 saturated heterocycles. The van der Waals surface area contributed by atoms with Gasteiger partial charge in [-0.2, -0.15) is 0 Å². The van der Waals surface area contributed by atoms with E-state index in [-0.39, 0.29) is 5.41 Å². The fourth-order valence-corrected chi connectivity index (χ4v) is 9.44. The Morgan fingerprint density at radius 3 is 1.28 bits per heavy atom. The molecule has 0 aliphatic heterocycles. The van der Waals surface area contributed by atoms with Crippen LogP contribution < -0.4 is 5.30 Å². The molecule has 9 rings (SSSR count). The first kappa shape index (κ1) is 37.4. The lowest BCUT2D eigenvalue weighted by Crippen LogP contribution is -2.30. The van der Waals surface area contributed by atoms with Crippen LogP contribution in [0.1, 0.15) is 43.2 Å². The standard InChI is InChI=1S/C53H46N3OP/c1-58(2,57)47-34-28-41(29-35-47)40-24-30-45(31-25-40)53(36-12-5-13-37-53)46-32-26-44(27-33-46)51-54-50(43-22-20-39(21-23-43)38-14-6-3-7-15-38)55-52(56-51)49-19-11-10-18-48(49)42-16-8-4-9-17-42/h3-4,6-11,14-35H,5,12-13,36-37H2,1-2H3. The molecular formula is C53H46N3OP. The van der Waals surface area contributed by atoms with Crippen molar-refractivity contribution >= 4 is 12.4 Å². The molecule has 0 atom stereocenters. The van der Waals surface area contributed by atoms with E-state index in [2.05, 4.69) is 158 Å². The van der Waals surface area contributed by atoms with E-state index in [0.29, 0.717) is 17.5 Å². The van der Waals surface area contributed by atoms with Crippen molar-refractivity contribution in [3.63, 3.8) is 0 Å². The summed E-state index contributed by atoms with van der Waals surface area (Å²) in [6.07, 6.45) is 5.87. The topological polar surface area (TPSA) is 55.7 Å². The number of hydrogen-bond acceptors (Lipinski definition) is 4. The highest BCUT2D eigenvalue weighted by molar-refractivity contribution is 7.70. The number of rotatable bonds is 9. The molecule has 5 heteroatoms. The highest BCUT2D eigenvalue weighted by Crippen LogP contribution is 2.46. The number of aromatic nitrogens is 3. The van der Waals surface area contributed by atoms with E-state index in [1.165, 1.54) is 41.5 Å². The summed E-state index contributed by atoms with van der Waals surface area (Å²) in [5, 5.41) is 0.914. The van der Waals surface area contributed by atoms with Gasteiger partial charge < -0.3 is 4.57 Å². The predicted octanol–water partition coefficient (Wildman–Crippen LogP) is 13.4. The fourth-order valence-electron chi connectivity index (χ4n) is 8.58. The first-order chi connectivity index (χ1) is 28.3. The number of nitrogens with zero attached hydrogens (tertiary/aromatic N) is 3. The maximum absolute atomic E-state index is 12.6. The van der Waals surface area contributed by atoms with Gasteiger partial charge in [-0.05, 0) is 70.7 Å². The smallest absolute Gasteiger partial charge is 0.164 e. The Kier molecular flexibility index (Phi) is 10.3. The third kappa shape index (κ3) is 7.61. The van der Waals surface area contributed by atoms with Gasteiger partial charge in [-0.1, -0.05) is 201 Å². The highest BCUT2D eigenvalue weighted by atomic mass is 31.2. The molecule has 284 valence electrons. The zero-order valence-corrected chi connectivity index (χ0v) is 33.9. The van der Waals surface area contributed by atoms with Gasteiger partial charge in [0.25, 0.3) is 0 Å². The van der Waals surface area contributed by atoms with Gasteiger partial charge in [0, 0.05) is 27.4 Å². The second-order valence-corrected chi connectivity index (χ2v) is 19.1. The molecule has 8 aromatic rings. The van der Waals surface area contributed by atoms with Crippen LogP contribution in [-0.2, 0) is 9.98 Å². The maximum Gasteiger partial charge on any atom is 0.164 e. The first-order valence-corrected chi connectivity index (χ1v) is 22.9. The molecule has 7 aromatic carbocycles. The summed E-state index contributed by atoms with van der Waals surface area (Å²) >= 11 is 0. The Hall–Kier alpha value is -6.22. The quantitative estimate of drug-likeness (QED) is 0.137. The Balaban J connectivity index is 1.09. The van der Waals surface area contributed by atoms with Crippen molar-refractivity contribution in [2.24, 2.45) is 0 Å². The minimum atomic E-state index is -2.29. The molecule has 0 spiro atoms. The van der Waals surface area contributed by atoms with Crippen LogP contribution in [0.25, 0.3) is 67.5 Å². The van der Waals surface area contributed by atoms with Crippen LogP contribution in [0.5, 0.6) is 0 Å². The predicted molar refractivity (Wildman–Crippen MR) is 242 cm³/mol. The molecule has 0 unspecified atom stereocenters. The Morgan fingerprint density at radius 2 is 0.759 bits per heavy atom. The van der Waals surface area contributed by atoms with E-state index >= 15 is 0 Å². The Morgan fingerprint density at radius 1 is 0.379 bits per heavy atom. The summed E-state index contributed by atoms with van der Waals surface area (Å²) in [5.41, 5.74) is 12.3. The summed E-state index contributed by atoms with van der Waals surface area (Å²) in [7, 11) is -2.29. The largest absolute Gasteiger partial charge is 0.319 e. The van der Waals surface area contributed by atoms with Crippen LogP contribution >= 0.6 is 7.14 Å². The molecule has 4 nitrogen and oxygen atoms in total. The van der Waals surface area contributed by atoms with E-state index in [4.69, 9.17) is 15.0 Å². The van der Waals surface area contributed by atoms with Crippen LogP contribution in [0.2, 0.25) is 0 Å². The summed E-state index contributed by atoms with van der Waals surface area (Å²) in [6.45, 7) is 3.65. The van der Waals surface area contributed by atoms with Gasteiger partial charge in [-0.15, -0.1) is 0 Å². The molecule has 0 amide bonds. The normalized spacial score (nSPS) is 13.9. The SMILES string of the molecule is CP(C)(=O)c1ccc(-c2ccc(C3(c4ccc(-c5nc(-c6ccc(-c7ccccc7)cc6)nc(-c6ccccc6-c6ccccc6)n5)cc4)CCCCC3)cc2)cc1. The number of hydrogen-bond donors (Lipinski definition) is 0. The van der Waals surface area contributed by atoms with Gasteiger partial charge in [0.1, 0.15) is 7.14 Å². The van der Waals surface area contributed by atoms with E-state index < -0.39 is 7.14 Å². The van der Waals surface area contributed by atoms with Crippen LogP contribution in [0.4, 0.5) is 0 Å². The fraction of sp³-hybridized carbons (Fsp3) is 0.151. The number of benzene rings is 7. The molecule has 1 aromatic heterocycles. The molecule has 1 aliphatic carbocycles. The van der Waals surface area contributed by atoms with E-state index in [1.54, 1.807) is 0 Å². The van der Waals surface area contributed by atoms with E-state index in [9.17, 15) is 4.57 Å². The van der Waals surface area contributed by atoms with Crippen LogP contribution in [0.15, 0.2) is 182 Å². The van der Waals surface area contributed by atoms with Gasteiger partial charge in [-0.3, -0.25) is 0 Å². The third-order valence-corrected chi connectivity index (χ3v) is 13.3. The van der Waals surface area contributed by atoms with Crippen molar-refractivity contribution in [3.05, 3.63) is 193 Å². The third-order valence-electron chi connectivity index (χ3n) is 11.8. The highest BCUT2D eigenvalue weighted by Gasteiger charge is 2.35. The molecule has 0 radical (unpaired) electrons. The van der Waals surface area contributed by atoms with Gasteiger partial charge in [0.15, 0.2) is 17.5 Å². The molecule has 1 heterocycles. The van der Waals surface area contributed by atoms with Crippen molar-refractivity contribution in [2.45, 2.75) is 37.5 Å². The second kappa shape index (κ2) is 16.0. The lowest BCUT2D eigenvalue weighted by Gasteiger charge is -2.39. The molecule has 1 aliphatic rings. The van der Waals surface area contributed by atoms with Gasteiger partial charge in [-0.25, -0.2) is 15.0 Å².